The molecule has 16 heavy (non-hydrogen) atoms. The first-order chi connectivity index (χ1) is 7.65. The van der Waals surface area contributed by atoms with Crippen LogP contribution in [0.5, 0.6) is 0 Å². The predicted molar refractivity (Wildman–Crippen MR) is 55.8 cm³/mol. The molecule has 1 aromatic carbocycles. The van der Waals surface area contributed by atoms with Gasteiger partial charge in [-0.1, -0.05) is 24.1 Å². The highest BCUT2D eigenvalue weighted by Gasteiger charge is 2.09. The van der Waals surface area contributed by atoms with Crippen molar-refractivity contribution in [2.45, 2.75) is 13.0 Å². The number of benzene rings is 1. The zero-order valence-electron chi connectivity index (χ0n) is 8.74. The number of ether oxygens (including phenoxy) is 1. The molecule has 0 radical (unpaired) electrons. The number of hydrogen-bond donors (Lipinski definition) is 1. The molecule has 0 bridgehead atoms. The van der Waals surface area contributed by atoms with Crippen LogP contribution < -0.4 is 0 Å². The van der Waals surface area contributed by atoms with E-state index in [0.717, 1.165) is 0 Å². The van der Waals surface area contributed by atoms with E-state index in [2.05, 4.69) is 16.6 Å². The SMILES string of the molecule is CCOC(=O)C#CC(O)c1ccccc1F. The van der Waals surface area contributed by atoms with Gasteiger partial charge in [0, 0.05) is 11.5 Å². The standard InChI is InChI=1S/C12H11FO3/c1-2-16-12(15)8-7-11(14)9-5-3-4-6-10(9)13/h3-6,11,14H,2H2,1H3. The van der Waals surface area contributed by atoms with Gasteiger partial charge in [0.2, 0.25) is 0 Å². The summed E-state index contributed by atoms with van der Waals surface area (Å²) >= 11 is 0. The summed E-state index contributed by atoms with van der Waals surface area (Å²) in [5, 5.41) is 9.50. The Morgan fingerprint density at radius 1 is 1.56 bits per heavy atom. The summed E-state index contributed by atoms with van der Waals surface area (Å²) in [5.41, 5.74) is 0.0410. The molecule has 0 aliphatic rings. The fraction of sp³-hybridized carbons (Fsp3) is 0.250. The lowest BCUT2D eigenvalue weighted by atomic mass is 10.1. The van der Waals surface area contributed by atoms with Gasteiger partial charge < -0.3 is 9.84 Å². The van der Waals surface area contributed by atoms with Gasteiger partial charge in [0.05, 0.1) is 6.61 Å². The second-order valence-electron chi connectivity index (χ2n) is 2.91. The van der Waals surface area contributed by atoms with Crippen LogP contribution in [0.25, 0.3) is 0 Å². The molecule has 1 atom stereocenters. The topological polar surface area (TPSA) is 46.5 Å². The number of aliphatic hydroxyl groups is 1. The van der Waals surface area contributed by atoms with Gasteiger partial charge in [0.15, 0.2) is 0 Å². The number of halogens is 1. The molecule has 0 aliphatic heterocycles. The van der Waals surface area contributed by atoms with Crippen LogP contribution >= 0.6 is 0 Å². The molecule has 0 heterocycles. The summed E-state index contributed by atoms with van der Waals surface area (Å²) in [6.45, 7) is 1.86. The van der Waals surface area contributed by atoms with Crippen molar-refractivity contribution in [1.82, 2.24) is 0 Å². The molecular formula is C12H11FO3. The lowest BCUT2D eigenvalue weighted by Gasteiger charge is -2.03. The fourth-order valence-corrected chi connectivity index (χ4v) is 1.07. The molecule has 4 heteroatoms. The van der Waals surface area contributed by atoms with Crippen LogP contribution in [0.2, 0.25) is 0 Å². The van der Waals surface area contributed by atoms with Crippen molar-refractivity contribution in [2.24, 2.45) is 0 Å². The van der Waals surface area contributed by atoms with E-state index < -0.39 is 17.9 Å². The van der Waals surface area contributed by atoms with E-state index in [1.54, 1.807) is 13.0 Å². The van der Waals surface area contributed by atoms with E-state index in [-0.39, 0.29) is 12.2 Å². The molecule has 1 rings (SSSR count). The van der Waals surface area contributed by atoms with Crippen molar-refractivity contribution in [3.63, 3.8) is 0 Å². The summed E-state index contributed by atoms with van der Waals surface area (Å²) in [6.07, 6.45) is -1.33. The molecule has 0 fully saturated rings. The molecule has 1 unspecified atom stereocenters. The molecular weight excluding hydrogens is 211 g/mol. The minimum atomic E-state index is -1.33. The fourth-order valence-electron chi connectivity index (χ4n) is 1.07. The number of hydrogen-bond acceptors (Lipinski definition) is 3. The van der Waals surface area contributed by atoms with E-state index in [1.165, 1.54) is 18.2 Å². The van der Waals surface area contributed by atoms with Gasteiger partial charge in [0.1, 0.15) is 11.9 Å². The maximum Gasteiger partial charge on any atom is 0.384 e. The molecule has 1 aromatic rings. The lowest BCUT2D eigenvalue weighted by molar-refractivity contribution is -0.136. The minimum absolute atomic E-state index is 0.0410. The second kappa shape index (κ2) is 5.89. The monoisotopic (exact) mass is 222 g/mol. The molecule has 0 saturated heterocycles. The zero-order valence-corrected chi connectivity index (χ0v) is 8.74. The summed E-state index contributed by atoms with van der Waals surface area (Å²) in [4.78, 5) is 10.9. The Hall–Kier alpha value is -1.86. The first-order valence-corrected chi connectivity index (χ1v) is 4.76. The second-order valence-corrected chi connectivity index (χ2v) is 2.91. The summed E-state index contributed by atoms with van der Waals surface area (Å²) < 4.78 is 17.7. The molecule has 3 nitrogen and oxygen atoms in total. The maximum atomic E-state index is 13.2. The first kappa shape index (κ1) is 12.2. The van der Waals surface area contributed by atoms with Crippen molar-refractivity contribution >= 4 is 5.97 Å². The van der Waals surface area contributed by atoms with Crippen LogP contribution in [-0.2, 0) is 9.53 Å². The van der Waals surface area contributed by atoms with E-state index in [9.17, 15) is 14.3 Å². The Bertz CT molecular complexity index is 431. The molecule has 1 N–H and O–H groups in total. The average Bonchev–Trinajstić information content (AvgIpc) is 2.27. The van der Waals surface area contributed by atoms with Crippen molar-refractivity contribution in [2.75, 3.05) is 6.61 Å². The van der Waals surface area contributed by atoms with Crippen LogP contribution in [0.1, 0.15) is 18.6 Å². The summed E-state index contributed by atoms with van der Waals surface area (Å²) in [7, 11) is 0. The Morgan fingerprint density at radius 2 is 2.25 bits per heavy atom. The lowest BCUT2D eigenvalue weighted by Crippen LogP contribution is -2.02. The van der Waals surface area contributed by atoms with Gasteiger partial charge in [-0.25, -0.2) is 9.18 Å². The van der Waals surface area contributed by atoms with Crippen molar-refractivity contribution in [3.8, 4) is 11.8 Å². The minimum Gasteiger partial charge on any atom is -0.456 e. The first-order valence-electron chi connectivity index (χ1n) is 4.76. The third-order valence-electron chi connectivity index (χ3n) is 1.79. The molecule has 0 spiro atoms. The van der Waals surface area contributed by atoms with Crippen LogP contribution in [-0.4, -0.2) is 17.7 Å². The number of esters is 1. The molecule has 0 saturated carbocycles. The van der Waals surface area contributed by atoms with Crippen LogP contribution in [0.4, 0.5) is 4.39 Å². The maximum absolute atomic E-state index is 13.2. The predicted octanol–water partition coefficient (Wildman–Crippen LogP) is 1.43. The number of aliphatic hydroxyl groups excluding tert-OH is 1. The van der Waals surface area contributed by atoms with Gasteiger partial charge in [-0.05, 0) is 13.0 Å². The van der Waals surface area contributed by atoms with Crippen LogP contribution in [0.15, 0.2) is 24.3 Å². The van der Waals surface area contributed by atoms with Crippen LogP contribution in [0.3, 0.4) is 0 Å². The highest BCUT2D eigenvalue weighted by Crippen LogP contribution is 2.15. The number of rotatable bonds is 2. The van der Waals surface area contributed by atoms with E-state index in [4.69, 9.17) is 0 Å². The normalized spacial score (nSPS) is 11.2. The molecule has 0 aliphatic carbocycles. The van der Waals surface area contributed by atoms with Crippen molar-refractivity contribution in [3.05, 3.63) is 35.6 Å². The van der Waals surface area contributed by atoms with E-state index in [1.807, 2.05) is 0 Å². The summed E-state index contributed by atoms with van der Waals surface area (Å²) in [5.74, 6) is 3.00. The third kappa shape index (κ3) is 3.37. The van der Waals surface area contributed by atoms with Crippen molar-refractivity contribution < 1.29 is 19.0 Å². The molecule has 0 amide bonds. The quantitative estimate of drug-likeness (QED) is 0.467. The zero-order chi connectivity index (χ0) is 12.0. The van der Waals surface area contributed by atoms with Crippen LogP contribution in [0, 0.1) is 17.7 Å². The van der Waals surface area contributed by atoms with Gasteiger partial charge in [-0.2, -0.15) is 0 Å². The highest BCUT2D eigenvalue weighted by molar-refractivity contribution is 5.88. The van der Waals surface area contributed by atoms with E-state index in [0.29, 0.717) is 0 Å². The van der Waals surface area contributed by atoms with Gasteiger partial charge in [0.25, 0.3) is 0 Å². The molecule has 0 aromatic heterocycles. The Morgan fingerprint density at radius 3 is 2.88 bits per heavy atom. The van der Waals surface area contributed by atoms with Crippen molar-refractivity contribution in [1.29, 1.82) is 0 Å². The average molecular weight is 222 g/mol. The number of carbonyl (C=O) groups excluding carboxylic acids is 1. The Labute approximate surface area is 92.9 Å². The smallest absolute Gasteiger partial charge is 0.384 e. The van der Waals surface area contributed by atoms with Gasteiger partial charge >= 0.3 is 5.97 Å². The summed E-state index contributed by atoms with van der Waals surface area (Å²) in [6, 6.07) is 5.70. The number of carbonyl (C=O) groups is 1. The van der Waals surface area contributed by atoms with Gasteiger partial charge in [-0.15, -0.1) is 0 Å². The Balaban J connectivity index is 2.76. The largest absolute Gasteiger partial charge is 0.456 e. The molecule has 84 valence electrons. The van der Waals surface area contributed by atoms with E-state index >= 15 is 0 Å². The highest BCUT2D eigenvalue weighted by atomic mass is 19.1. The van der Waals surface area contributed by atoms with Gasteiger partial charge in [-0.3, -0.25) is 0 Å². The Kier molecular flexibility index (Phi) is 4.49. The third-order valence-corrected chi connectivity index (χ3v) is 1.79.